The Morgan fingerprint density at radius 3 is 2.11 bits per heavy atom. The number of azo groups is 1. The minimum absolute atomic E-state index is 0.219. The zero-order chi connectivity index (χ0) is 19.8. The van der Waals surface area contributed by atoms with Crippen LogP contribution in [0, 0.1) is 5.82 Å². The molecule has 0 heterocycles. The molecule has 1 N–H and O–H groups in total. The molecule has 1 amide bonds. The fraction of sp³-hybridized carbons (Fsp3) is 0.0476. The van der Waals surface area contributed by atoms with E-state index in [1.165, 1.54) is 18.2 Å². The monoisotopic (exact) mass is 377 g/mol. The molecule has 0 aliphatic heterocycles. The van der Waals surface area contributed by atoms with Gasteiger partial charge in [-0.3, -0.25) is 4.79 Å². The van der Waals surface area contributed by atoms with Crippen molar-refractivity contribution >= 4 is 28.9 Å². The predicted octanol–water partition coefficient (Wildman–Crippen LogP) is 5.04. The SMILES string of the molecule is O=C(COC(=O)c1ccccc1F)Nc1ccc(N=Nc2ccccc2)cc1. The lowest BCUT2D eigenvalue weighted by molar-refractivity contribution is -0.119. The van der Waals surface area contributed by atoms with Gasteiger partial charge in [-0.2, -0.15) is 10.2 Å². The second-order valence-electron chi connectivity index (χ2n) is 5.69. The van der Waals surface area contributed by atoms with E-state index in [1.54, 1.807) is 24.3 Å². The molecule has 0 saturated carbocycles. The van der Waals surface area contributed by atoms with Gasteiger partial charge in [0.15, 0.2) is 6.61 Å². The molecule has 28 heavy (non-hydrogen) atoms. The van der Waals surface area contributed by atoms with Gasteiger partial charge in [-0.25, -0.2) is 9.18 Å². The highest BCUT2D eigenvalue weighted by molar-refractivity contribution is 5.95. The number of esters is 1. The third-order valence-electron chi connectivity index (χ3n) is 3.62. The first kappa shape index (κ1) is 18.9. The molecule has 0 saturated heterocycles. The maximum absolute atomic E-state index is 13.5. The summed E-state index contributed by atoms with van der Waals surface area (Å²) < 4.78 is 18.3. The Bertz CT molecular complexity index is 989. The van der Waals surface area contributed by atoms with Gasteiger partial charge < -0.3 is 10.1 Å². The molecular weight excluding hydrogens is 361 g/mol. The minimum Gasteiger partial charge on any atom is -0.452 e. The Morgan fingerprint density at radius 1 is 0.821 bits per heavy atom. The maximum Gasteiger partial charge on any atom is 0.341 e. The number of carbonyl (C=O) groups is 2. The van der Waals surface area contributed by atoms with Crippen molar-refractivity contribution in [3.8, 4) is 0 Å². The summed E-state index contributed by atoms with van der Waals surface area (Å²) >= 11 is 0. The van der Waals surface area contributed by atoms with Crippen molar-refractivity contribution in [3.63, 3.8) is 0 Å². The third kappa shape index (κ3) is 5.31. The van der Waals surface area contributed by atoms with Crippen molar-refractivity contribution in [1.29, 1.82) is 0 Å². The molecule has 7 heteroatoms. The molecule has 0 fully saturated rings. The molecule has 0 aliphatic rings. The summed E-state index contributed by atoms with van der Waals surface area (Å²) in [5.41, 5.74) is 1.64. The minimum atomic E-state index is -0.898. The van der Waals surface area contributed by atoms with Gasteiger partial charge in [0.25, 0.3) is 5.91 Å². The summed E-state index contributed by atoms with van der Waals surface area (Å²) in [5.74, 6) is -2.14. The standard InChI is InChI=1S/C21H16FN3O3/c22-19-9-5-4-8-18(19)21(27)28-14-20(26)23-15-10-12-17(13-11-15)25-24-16-6-2-1-3-7-16/h1-13H,14H2,(H,23,26). The van der Waals surface area contributed by atoms with Crippen molar-refractivity contribution in [1.82, 2.24) is 0 Å². The molecule has 0 spiro atoms. The molecule has 3 aromatic carbocycles. The number of carbonyl (C=O) groups excluding carboxylic acids is 2. The highest BCUT2D eigenvalue weighted by Gasteiger charge is 2.14. The van der Waals surface area contributed by atoms with Gasteiger partial charge in [0.2, 0.25) is 0 Å². The number of amides is 1. The summed E-state index contributed by atoms with van der Waals surface area (Å²) in [6, 6.07) is 21.4. The molecule has 0 bridgehead atoms. The van der Waals surface area contributed by atoms with Crippen LogP contribution in [0.3, 0.4) is 0 Å². The van der Waals surface area contributed by atoms with Crippen LogP contribution >= 0.6 is 0 Å². The lowest BCUT2D eigenvalue weighted by Crippen LogP contribution is -2.21. The smallest absolute Gasteiger partial charge is 0.341 e. The van der Waals surface area contributed by atoms with Crippen molar-refractivity contribution in [2.24, 2.45) is 10.2 Å². The van der Waals surface area contributed by atoms with E-state index in [4.69, 9.17) is 4.74 Å². The Morgan fingerprint density at radius 2 is 1.43 bits per heavy atom. The number of nitrogens with one attached hydrogen (secondary N) is 1. The topological polar surface area (TPSA) is 80.1 Å². The number of rotatable bonds is 6. The van der Waals surface area contributed by atoms with Gasteiger partial charge in [0, 0.05) is 5.69 Å². The molecule has 6 nitrogen and oxygen atoms in total. The number of halogens is 1. The van der Waals surface area contributed by atoms with Crippen LogP contribution < -0.4 is 5.32 Å². The van der Waals surface area contributed by atoms with Crippen LogP contribution in [-0.4, -0.2) is 18.5 Å². The van der Waals surface area contributed by atoms with Gasteiger partial charge in [-0.15, -0.1) is 0 Å². The number of benzene rings is 3. The molecule has 140 valence electrons. The number of ether oxygens (including phenoxy) is 1. The van der Waals surface area contributed by atoms with Gasteiger partial charge in [-0.05, 0) is 48.5 Å². The summed E-state index contributed by atoms with van der Waals surface area (Å²) in [4.78, 5) is 23.7. The Hall–Kier alpha value is -3.87. The van der Waals surface area contributed by atoms with Crippen LogP contribution in [0.1, 0.15) is 10.4 Å². The van der Waals surface area contributed by atoms with E-state index in [2.05, 4.69) is 15.5 Å². The second-order valence-corrected chi connectivity index (χ2v) is 5.69. The first-order valence-corrected chi connectivity index (χ1v) is 8.40. The quantitative estimate of drug-likeness (QED) is 0.483. The first-order valence-electron chi connectivity index (χ1n) is 8.40. The largest absolute Gasteiger partial charge is 0.452 e. The normalized spacial score (nSPS) is 10.6. The van der Waals surface area contributed by atoms with Crippen molar-refractivity contribution in [2.45, 2.75) is 0 Å². The van der Waals surface area contributed by atoms with Crippen LogP contribution in [0.25, 0.3) is 0 Å². The average molecular weight is 377 g/mol. The molecule has 0 aliphatic carbocycles. The van der Waals surface area contributed by atoms with Gasteiger partial charge in [-0.1, -0.05) is 30.3 Å². The number of hydrogen-bond acceptors (Lipinski definition) is 5. The van der Waals surface area contributed by atoms with E-state index in [1.807, 2.05) is 30.3 Å². The molecule has 0 unspecified atom stereocenters. The molecule has 0 aromatic heterocycles. The molecule has 3 aromatic rings. The molecule has 0 atom stereocenters. The number of nitrogens with zero attached hydrogens (tertiary/aromatic N) is 2. The predicted molar refractivity (Wildman–Crippen MR) is 102 cm³/mol. The molecule has 3 rings (SSSR count). The maximum atomic E-state index is 13.5. The van der Waals surface area contributed by atoms with E-state index in [-0.39, 0.29) is 5.56 Å². The van der Waals surface area contributed by atoms with E-state index >= 15 is 0 Å². The lowest BCUT2D eigenvalue weighted by atomic mass is 10.2. The van der Waals surface area contributed by atoms with Crippen molar-refractivity contribution in [3.05, 3.63) is 90.2 Å². The lowest BCUT2D eigenvalue weighted by Gasteiger charge is -2.07. The first-order chi connectivity index (χ1) is 13.6. The fourth-order valence-corrected chi connectivity index (χ4v) is 2.25. The van der Waals surface area contributed by atoms with E-state index in [9.17, 15) is 14.0 Å². The van der Waals surface area contributed by atoms with E-state index < -0.39 is 24.3 Å². The molecule has 0 radical (unpaired) electrons. The van der Waals surface area contributed by atoms with Crippen LogP contribution in [0.4, 0.5) is 21.5 Å². The fourth-order valence-electron chi connectivity index (χ4n) is 2.25. The average Bonchev–Trinajstić information content (AvgIpc) is 2.72. The summed E-state index contributed by atoms with van der Waals surface area (Å²) in [5, 5.41) is 10.8. The summed E-state index contributed by atoms with van der Waals surface area (Å²) in [6.07, 6.45) is 0. The van der Waals surface area contributed by atoms with E-state index in [0.29, 0.717) is 11.4 Å². The highest BCUT2D eigenvalue weighted by atomic mass is 19.1. The molecular formula is C21H16FN3O3. The van der Waals surface area contributed by atoms with Gasteiger partial charge in [0.05, 0.1) is 16.9 Å². The van der Waals surface area contributed by atoms with Crippen LogP contribution in [0.2, 0.25) is 0 Å². The summed E-state index contributed by atoms with van der Waals surface area (Å²) in [6.45, 7) is -0.525. The Kier molecular flexibility index (Phi) is 6.20. The Labute approximate surface area is 160 Å². The Balaban J connectivity index is 1.51. The van der Waals surface area contributed by atoms with Gasteiger partial charge in [0.1, 0.15) is 5.82 Å². The third-order valence-corrected chi connectivity index (χ3v) is 3.62. The number of hydrogen-bond donors (Lipinski definition) is 1. The van der Waals surface area contributed by atoms with Crippen molar-refractivity contribution < 1.29 is 18.7 Å². The van der Waals surface area contributed by atoms with Crippen LogP contribution in [0.5, 0.6) is 0 Å². The summed E-state index contributed by atoms with van der Waals surface area (Å²) in [7, 11) is 0. The van der Waals surface area contributed by atoms with Crippen molar-refractivity contribution in [2.75, 3.05) is 11.9 Å². The zero-order valence-corrected chi connectivity index (χ0v) is 14.7. The van der Waals surface area contributed by atoms with Crippen LogP contribution in [0.15, 0.2) is 89.1 Å². The van der Waals surface area contributed by atoms with Gasteiger partial charge >= 0.3 is 5.97 Å². The van der Waals surface area contributed by atoms with E-state index in [0.717, 1.165) is 11.8 Å². The van der Waals surface area contributed by atoms with Crippen LogP contribution in [-0.2, 0) is 9.53 Å². The second kappa shape index (κ2) is 9.18. The highest BCUT2D eigenvalue weighted by Crippen LogP contribution is 2.20. The number of anilines is 1. The zero-order valence-electron chi connectivity index (χ0n) is 14.7.